The Labute approximate surface area is 123 Å². The summed E-state index contributed by atoms with van der Waals surface area (Å²) in [5.41, 5.74) is 4.63. The molecule has 21 heavy (non-hydrogen) atoms. The Morgan fingerprint density at radius 3 is 2.43 bits per heavy atom. The van der Waals surface area contributed by atoms with Crippen molar-refractivity contribution in [2.75, 3.05) is 12.6 Å². The second kappa shape index (κ2) is 5.97. The van der Waals surface area contributed by atoms with E-state index in [1.165, 1.54) is 4.68 Å². The Bertz CT molecular complexity index is 612. The van der Waals surface area contributed by atoms with Gasteiger partial charge in [0, 0.05) is 11.8 Å². The molecular weight excluding hydrogens is 270 g/mol. The predicted octanol–water partition coefficient (Wildman–Crippen LogP) is 3.31. The molecule has 2 rings (SSSR count). The Morgan fingerprint density at radius 1 is 1.19 bits per heavy atom. The van der Waals surface area contributed by atoms with Crippen LogP contribution in [0.25, 0.3) is 11.3 Å². The number of hydrogen-bond donors (Lipinski definition) is 1. The Hall–Kier alpha value is -2.34. The van der Waals surface area contributed by atoms with E-state index >= 15 is 0 Å². The van der Waals surface area contributed by atoms with Gasteiger partial charge in [0.2, 0.25) is 0 Å². The highest BCUT2D eigenvalue weighted by Gasteiger charge is 2.18. The molecule has 0 aliphatic rings. The van der Waals surface area contributed by atoms with E-state index < -0.39 is 11.7 Å². The molecule has 1 N–H and O–H groups in total. The number of carbonyl (C=O) groups is 1. The zero-order chi connectivity index (χ0) is 15.5. The fraction of sp³-hybridized carbons (Fsp3) is 0.333. The van der Waals surface area contributed by atoms with Crippen LogP contribution >= 0.6 is 0 Å². The van der Waals surface area contributed by atoms with Gasteiger partial charge in [-0.3, -0.25) is 10.3 Å². The minimum absolute atomic E-state index is 0.494. The topological polar surface area (TPSA) is 65.4 Å². The smallest absolute Gasteiger partial charge is 0.435 e. The summed E-state index contributed by atoms with van der Waals surface area (Å²) < 4.78 is 6.46. The molecule has 1 aromatic carbocycles. The van der Waals surface area contributed by atoms with Crippen molar-refractivity contribution < 1.29 is 14.4 Å². The molecule has 6 nitrogen and oxygen atoms in total. The van der Waals surface area contributed by atoms with Crippen LogP contribution in [0.3, 0.4) is 0 Å². The van der Waals surface area contributed by atoms with Crippen LogP contribution in [0.4, 0.5) is 10.5 Å². The summed E-state index contributed by atoms with van der Waals surface area (Å²) in [5.74, 6) is 0. The SMILES string of the molecule is CONc1ccc(-c2ccn(C(=O)OC(C)(C)C)n2)cc1. The zero-order valence-corrected chi connectivity index (χ0v) is 12.6. The normalized spacial score (nSPS) is 11.2. The summed E-state index contributed by atoms with van der Waals surface area (Å²) in [7, 11) is 1.55. The van der Waals surface area contributed by atoms with Gasteiger partial charge in [-0.15, -0.1) is 0 Å². The molecule has 0 spiro atoms. The fourth-order valence-corrected chi connectivity index (χ4v) is 1.72. The third kappa shape index (κ3) is 4.06. The van der Waals surface area contributed by atoms with E-state index in [0.29, 0.717) is 5.69 Å². The van der Waals surface area contributed by atoms with Crippen LogP contribution in [0.15, 0.2) is 36.5 Å². The van der Waals surface area contributed by atoms with Crippen molar-refractivity contribution in [2.24, 2.45) is 0 Å². The first-order valence-corrected chi connectivity index (χ1v) is 6.57. The average molecular weight is 289 g/mol. The number of nitrogens with one attached hydrogen (secondary N) is 1. The van der Waals surface area contributed by atoms with Crippen LogP contribution in [0, 0.1) is 0 Å². The molecule has 0 aliphatic carbocycles. The fourth-order valence-electron chi connectivity index (χ4n) is 1.72. The minimum Gasteiger partial charge on any atom is -0.442 e. The third-order valence-corrected chi connectivity index (χ3v) is 2.57. The Morgan fingerprint density at radius 2 is 1.86 bits per heavy atom. The molecule has 6 heteroatoms. The number of anilines is 1. The van der Waals surface area contributed by atoms with Gasteiger partial charge in [0.25, 0.3) is 0 Å². The lowest BCUT2D eigenvalue weighted by molar-refractivity contribution is 0.0515. The number of carbonyl (C=O) groups excluding carboxylic acids is 1. The van der Waals surface area contributed by atoms with E-state index in [-0.39, 0.29) is 0 Å². The maximum Gasteiger partial charge on any atom is 0.435 e. The number of rotatable bonds is 3. The molecule has 0 saturated carbocycles. The van der Waals surface area contributed by atoms with Crippen molar-refractivity contribution in [2.45, 2.75) is 26.4 Å². The molecule has 0 fully saturated rings. The van der Waals surface area contributed by atoms with Gasteiger partial charge in [-0.1, -0.05) is 12.1 Å². The number of hydrogen-bond acceptors (Lipinski definition) is 5. The van der Waals surface area contributed by atoms with Crippen molar-refractivity contribution in [3.63, 3.8) is 0 Å². The molecule has 0 saturated heterocycles. The molecule has 1 aromatic heterocycles. The molecule has 0 atom stereocenters. The summed E-state index contributed by atoms with van der Waals surface area (Å²) >= 11 is 0. The van der Waals surface area contributed by atoms with Crippen LogP contribution < -0.4 is 5.48 Å². The van der Waals surface area contributed by atoms with Gasteiger partial charge >= 0.3 is 6.09 Å². The summed E-state index contributed by atoms with van der Waals surface area (Å²) in [6.07, 6.45) is 1.09. The lowest BCUT2D eigenvalue weighted by Crippen LogP contribution is -2.27. The van der Waals surface area contributed by atoms with Gasteiger partial charge < -0.3 is 4.74 Å². The zero-order valence-electron chi connectivity index (χ0n) is 12.6. The van der Waals surface area contributed by atoms with E-state index in [4.69, 9.17) is 9.57 Å². The number of benzene rings is 1. The largest absolute Gasteiger partial charge is 0.442 e. The van der Waals surface area contributed by atoms with Gasteiger partial charge in [0.15, 0.2) is 0 Å². The summed E-state index contributed by atoms with van der Waals surface area (Å²) in [6.45, 7) is 5.45. The van der Waals surface area contributed by atoms with Crippen LogP contribution in [0.5, 0.6) is 0 Å². The lowest BCUT2D eigenvalue weighted by atomic mass is 10.1. The van der Waals surface area contributed by atoms with Crippen molar-refractivity contribution in [3.05, 3.63) is 36.5 Å². The predicted molar refractivity (Wildman–Crippen MR) is 79.9 cm³/mol. The van der Waals surface area contributed by atoms with Crippen molar-refractivity contribution in [1.82, 2.24) is 9.78 Å². The van der Waals surface area contributed by atoms with E-state index in [9.17, 15) is 4.79 Å². The summed E-state index contributed by atoms with van der Waals surface area (Å²) in [6, 6.07) is 9.28. The summed E-state index contributed by atoms with van der Waals surface area (Å²) in [4.78, 5) is 16.7. The van der Waals surface area contributed by atoms with Crippen molar-refractivity contribution >= 4 is 11.8 Å². The Kier molecular flexibility index (Phi) is 4.28. The quantitative estimate of drug-likeness (QED) is 0.878. The van der Waals surface area contributed by atoms with Crippen molar-refractivity contribution in [1.29, 1.82) is 0 Å². The number of ether oxygens (including phenoxy) is 1. The molecule has 0 unspecified atom stereocenters. The number of nitrogens with zero attached hydrogens (tertiary/aromatic N) is 2. The van der Waals surface area contributed by atoms with Crippen molar-refractivity contribution in [3.8, 4) is 11.3 Å². The third-order valence-electron chi connectivity index (χ3n) is 2.57. The van der Waals surface area contributed by atoms with E-state index in [1.54, 1.807) is 19.4 Å². The van der Waals surface area contributed by atoms with Gasteiger partial charge in [-0.05, 0) is 39.0 Å². The highest BCUT2D eigenvalue weighted by molar-refractivity contribution is 5.71. The lowest BCUT2D eigenvalue weighted by Gasteiger charge is -2.18. The molecule has 0 radical (unpaired) electrons. The molecular formula is C15H19N3O3. The first-order chi connectivity index (χ1) is 9.89. The summed E-state index contributed by atoms with van der Waals surface area (Å²) in [5, 5.41) is 4.23. The van der Waals surface area contributed by atoms with Crippen LogP contribution in [0.2, 0.25) is 0 Å². The second-order valence-electron chi connectivity index (χ2n) is 5.51. The molecule has 1 heterocycles. The minimum atomic E-state index is -0.545. The van der Waals surface area contributed by atoms with Crippen LogP contribution in [-0.4, -0.2) is 28.6 Å². The molecule has 112 valence electrons. The van der Waals surface area contributed by atoms with E-state index in [2.05, 4.69) is 10.6 Å². The molecule has 0 amide bonds. The molecule has 0 aliphatic heterocycles. The molecule has 0 bridgehead atoms. The maximum atomic E-state index is 11.9. The highest BCUT2D eigenvalue weighted by Crippen LogP contribution is 2.20. The van der Waals surface area contributed by atoms with Crippen LogP contribution in [0.1, 0.15) is 20.8 Å². The standard InChI is InChI=1S/C15H19N3O3/c1-15(2,3)21-14(19)18-10-9-13(16-18)11-5-7-12(8-6-11)17-20-4/h5-10,17H,1-4H3. The monoisotopic (exact) mass is 289 g/mol. The molecule has 2 aromatic rings. The van der Waals surface area contributed by atoms with Gasteiger partial charge in [0.1, 0.15) is 5.60 Å². The van der Waals surface area contributed by atoms with Gasteiger partial charge in [-0.2, -0.15) is 9.78 Å². The Balaban J connectivity index is 2.14. The van der Waals surface area contributed by atoms with Gasteiger partial charge in [-0.25, -0.2) is 4.79 Å². The van der Waals surface area contributed by atoms with Gasteiger partial charge in [0.05, 0.1) is 18.5 Å². The van der Waals surface area contributed by atoms with Crippen LogP contribution in [-0.2, 0) is 9.57 Å². The highest BCUT2D eigenvalue weighted by atomic mass is 16.6. The first-order valence-electron chi connectivity index (χ1n) is 6.57. The average Bonchev–Trinajstić information content (AvgIpc) is 2.88. The maximum absolute atomic E-state index is 11.9. The second-order valence-corrected chi connectivity index (χ2v) is 5.51. The van der Waals surface area contributed by atoms with E-state index in [0.717, 1.165) is 11.3 Å². The first kappa shape index (κ1) is 15.1. The van der Waals surface area contributed by atoms with E-state index in [1.807, 2.05) is 45.0 Å². The number of aromatic nitrogens is 2.